The second-order valence-electron chi connectivity index (χ2n) is 10.7. The maximum absolute atomic E-state index is 6.27. The van der Waals surface area contributed by atoms with Gasteiger partial charge in [0.1, 0.15) is 36.9 Å². The summed E-state index contributed by atoms with van der Waals surface area (Å²) in [6.45, 7) is 2.98. The molecule has 0 spiro atoms. The molecule has 2 saturated heterocycles. The van der Waals surface area contributed by atoms with E-state index in [1.54, 1.807) is 0 Å². The number of epoxide rings is 2. The van der Waals surface area contributed by atoms with Crippen LogP contribution in [0.5, 0.6) is 11.5 Å². The molecule has 2 aromatic rings. The lowest BCUT2D eigenvalue weighted by atomic mass is 9.83. The second kappa shape index (κ2) is 11.2. The Kier molecular flexibility index (Phi) is 7.43. The number of hydrogen-bond acceptors (Lipinski definition) is 4. The molecule has 36 heavy (non-hydrogen) atoms. The van der Waals surface area contributed by atoms with Crippen LogP contribution in [-0.2, 0) is 9.47 Å². The minimum Gasteiger partial charge on any atom is -0.491 e. The van der Waals surface area contributed by atoms with Crippen LogP contribution in [0.2, 0.25) is 0 Å². The normalized spacial score (nSPS) is 24.2. The zero-order valence-electron chi connectivity index (χ0n) is 21.3. The van der Waals surface area contributed by atoms with Gasteiger partial charge >= 0.3 is 0 Å². The third kappa shape index (κ3) is 6.22. The molecule has 0 bridgehead atoms. The first-order chi connectivity index (χ1) is 17.8. The van der Waals surface area contributed by atoms with Gasteiger partial charge in [-0.2, -0.15) is 0 Å². The van der Waals surface area contributed by atoms with Crippen molar-refractivity contribution in [3.63, 3.8) is 0 Å². The highest BCUT2D eigenvalue weighted by Crippen LogP contribution is 2.40. The summed E-state index contributed by atoms with van der Waals surface area (Å²) in [4.78, 5) is 0. The lowest BCUT2D eigenvalue weighted by Crippen LogP contribution is -2.10. The Morgan fingerprint density at radius 1 is 0.667 bits per heavy atom. The van der Waals surface area contributed by atoms with Crippen LogP contribution in [-0.4, -0.2) is 38.6 Å². The third-order valence-electron chi connectivity index (χ3n) is 7.97. The number of ether oxygens (including phenoxy) is 4. The van der Waals surface area contributed by atoms with Crippen molar-refractivity contribution in [2.75, 3.05) is 26.4 Å². The summed E-state index contributed by atoms with van der Waals surface area (Å²) in [6, 6.07) is 15.4. The van der Waals surface area contributed by atoms with Crippen LogP contribution < -0.4 is 9.47 Å². The molecule has 6 rings (SSSR count). The molecule has 0 aromatic heterocycles. The second-order valence-corrected chi connectivity index (χ2v) is 10.7. The summed E-state index contributed by atoms with van der Waals surface area (Å²) >= 11 is 0. The summed E-state index contributed by atoms with van der Waals surface area (Å²) in [6.07, 6.45) is 16.6. The van der Waals surface area contributed by atoms with E-state index in [9.17, 15) is 0 Å². The third-order valence-corrected chi connectivity index (χ3v) is 7.97. The van der Waals surface area contributed by atoms with E-state index in [4.69, 9.17) is 18.9 Å². The smallest absolute Gasteiger partial charge is 0.122 e. The number of allylic oxidation sites excluding steroid dienone is 4. The van der Waals surface area contributed by atoms with E-state index >= 15 is 0 Å². The Hall–Kier alpha value is -2.56. The SMILES string of the molecule is C1=C(c2ccc(OCC3CO3)cc2)CCC(c2ccc(OCC3CO3)c(C3CCCCCCC3)c2)=C1. The van der Waals surface area contributed by atoms with Gasteiger partial charge in [-0.05, 0) is 83.7 Å². The highest BCUT2D eigenvalue weighted by atomic mass is 16.6. The molecule has 0 amide bonds. The van der Waals surface area contributed by atoms with E-state index in [2.05, 4.69) is 54.6 Å². The standard InChI is InChI=1S/C32H38O4/c1-2-4-6-26(7-5-3-1)31-18-27(14-17-32(31)36-22-30-21-35-30)25-10-8-23(9-11-25)24-12-15-28(16-13-24)33-19-29-20-34-29/h8,10,12-18,26,29-30H,1-7,9,11,19-22H2. The monoisotopic (exact) mass is 486 g/mol. The van der Waals surface area contributed by atoms with Crippen LogP contribution in [0, 0.1) is 0 Å². The largest absolute Gasteiger partial charge is 0.491 e. The average molecular weight is 487 g/mol. The van der Waals surface area contributed by atoms with Crippen molar-refractivity contribution >= 4 is 11.1 Å². The Balaban J connectivity index is 1.18. The molecule has 4 nitrogen and oxygen atoms in total. The van der Waals surface area contributed by atoms with Crippen LogP contribution in [0.1, 0.15) is 80.4 Å². The minimum atomic E-state index is 0.285. The van der Waals surface area contributed by atoms with Crippen molar-refractivity contribution in [1.29, 1.82) is 0 Å². The molecule has 3 fully saturated rings. The van der Waals surface area contributed by atoms with Crippen molar-refractivity contribution in [1.82, 2.24) is 0 Å². The van der Waals surface area contributed by atoms with Crippen molar-refractivity contribution in [2.45, 2.75) is 75.9 Å². The van der Waals surface area contributed by atoms with Gasteiger partial charge in [0, 0.05) is 0 Å². The van der Waals surface area contributed by atoms with E-state index < -0.39 is 0 Å². The Bertz CT molecular complexity index is 1080. The van der Waals surface area contributed by atoms with Gasteiger partial charge in [0.2, 0.25) is 0 Å². The van der Waals surface area contributed by atoms with Gasteiger partial charge in [-0.3, -0.25) is 0 Å². The first kappa shape index (κ1) is 23.8. The predicted molar refractivity (Wildman–Crippen MR) is 144 cm³/mol. The molecule has 2 atom stereocenters. The first-order valence-electron chi connectivity index (χ1n) is 13.9. The number of benzene rings is 2. The van der Waals surface area contributed by atoms with Gasteiger partial charge < -0.3 is 18.9 Å². The maximum Gasteiger partial charge on any atom is 0.122 e. The summed E-state index contributed by atoms with van der Waals surface area (Å²) in [5, 5.41) is 0. The maximum atomic E-state index is 6.27. The summed E-state index contributed by atoms with van der Waals surface area (Å²) < 4.78 is 22.7. The molecule has 4 aliphatic rings. The van der Waals surface area contributed by atoms with Crippen molar-refractivity contribution in [2.24, 2.45) is 0 Å². The van der Waals surface area contributed by atoms with Crippen LogP contribution in [0.25, 0.3) is 11.1 Å². The van der Waals surface area contributed by atoms with E-state index in [-0.39, 0.29) is 12.2 Å². The zero-order valence-corrected chi connectivity index (χ0v) is 21.3. The van der Waals surface area contributed by atoms with Gasteiger partial charge in [0.05, 0.1) is 13.2 Å². The molecular weight excluding hydrogens is 448 g/mol. The van der Waals surface area contributed by atoms with Crippen LogP contribution in [0.3, 0.4) is 0 Å². The van der Waals surface area contributed by atoms with E-state index in [1.165, 1.54) is 72.8 Å². The Morgan fingerprint density at radius 2 is 1.25 bits per heavy atom. The number of rotatable bonds is 9. The molecule has 2 aliphatic carbocycles. The van der Waals surface area contributed by atoms with Crippen molar-refractivity contribution in [3.8, 4) is 11.5 Å². The molecule has 190 valence electrons. The fourth-order valence-corrected chi connectivity index (χ4v) is 5.55. The molecule has 4 heteroatoms. The molecular formula is C32H38O4. The fraction of sp³-hybridized carbons (Fsp3) is 0.500. The molecule has 1 saturated carbocycles. The van der Waals surface area contributed by atoms with Crippen LogP contribution in [0.4, 0.5) is 0 Å². The van der Waals surface area contributed by atoms with Gasteiger partial charge in [-0.25, -0.2) is 0 Å². The minimum absolute atomic E-state index is 0.285. The van der Waals surface area contributed by atoms with Crippen LogP contribution in [0.15, 0.2) is 54.6 Å². The molecule has 2 heterocycles. The van der Waals surface area contributed by atoms with Crippen molar-refractivity contribution < 1.29 is 18.9 Å². The average Bonchev–Trinajstić information content (AvgIpc) is 3.82. The molecule has 0 N–H and O–H groups in total. The summed E-state index contributed by atoms with van der Waals surface area (Å²) in [5.41, 5.74) is 6.86. The summed E-state index contributed by atoms with van der Waals surface area (Å²) in [7, 11) is 0. The highest BCUT2D eigenvalue weighted by Gasteiger charge is 2.25. The number of hydrogen-bond donors (Lipinski definition) is 0. The van der Waals surface area contributed by atoms with Gasteiger partial charge in [-0.1, -0.05) is 62.5 Å². The summed E-state index contributed by atoms with van der Waals surface area (Å²) in [5.74, 6) is 2.59. The van der Waals surface area contributed by atoms with Gasteiger partial charge in [0.15, 0.2) is 0 Å². The Morgan fingerprint density at radius 3 is 1.89 bits per heavy atom. The topological polar surface area (TPSA) is 43.5 Å². The zero-order chi connectivity index (χ0) is 24.2. The molecule has 2 aromatic carbocycles. The molecule has 0 radical (unpaired) electrons. The van der Waals surface area contributed by atoms with Crippen molar-refractivity contribution in [3.05, 3.63) is 71.3 Å². The van der Waals surface area contributed by atoms with E-state index in [1.807, 2.05) is 0 Å². The van der Waals surface area contributed by atoms with Gasteiger partial charge in [0.25, 0.3) is 0 Å². The molecule has 2 unspecified atom stereocenters. The lowest BCUT2D eigenvalue weighted by molar-refractivity contribution is 0.259. The van der Waals surface area contributed by atoms with E-state index in [0.717, 1.165) is 37.6 Å². The fourth-order valence-electron chi connectivity index (χ4n) is 5.55. The van der Waals surface area contributed by atoms with Crippen LogP contribution >= 0.6 is 0 Å². The van der Waals surface area contributed by atoms with Gasteiger partial charge in [-0.15, -0.1) is 0 Å². The predicted octanol–water partition coefficient (Wildman–Crippen LogP) is 7.33. The highest BCUT2D eigenvalue weighted by molar-refractivity contribution is 5.78. The molecule has 2 aliphatic heterocycles. The Labute approximate surface area is 215 Å². The quantitative estimate of drug-likeness (QED) is 0.348. The lowest BCUT2D eigenvalue weighted by Gasteiger charge is -2.24. The van der Waals surface area contributed by atoms with E-state index in [0.29, 0.717) is 19.1 Å². The first-order valence-corrected chi connectivity index (χ1v) is 13.9.